The van der Waals surface area contributed by atoms with Gasteiger partial charge in [-0.2, -0.15) is 0 Å². The molecule has 0 radical (unpaired) electrons. The molecule has 0 aliphatic carbocycles. The second-order valence-electron chi connectivity index (χ2n) is 2.66. The third-order valence-electron chi connectivity index (χ3n) is 1.80. The van der Waals surface area contributed by atoms with E-state index in [-0.39, 0.29) is 25.4 Å². The standard InChI is InChI=1S/C9H13N2O.Zn/c10-5-8(6-12)7-1-3-9(11)4-2-7;/h1-4,6,8,12H,5,10-11H2;/q-1;. The minimum absolute atomic E-state index is 0. The van der Waals surface area contributed by atoms with Crippen LogP contribution in [0.15, 0.2) is 24.3 Å². The molecule has 1 aromatic carbocycles. The molecule has 0 aliphatic heterocycles. The SMILES string of the molecule is NCC([CH-]O)c1ccc(N)cc1.[Zn]. The Morgan fingerprint density at radius 1 is 1.31 bits per heavy atom. The maximum atomic E-state index is 8.81. The molecule has 68 valence electrons. The van der Waals surface area contributed by atoms with Gasteiger partial charge in [0.05, 0.1) is 0 Å². The van der Waals surface area contributed by atoms with E-state index in [2.05, 4.69) is 0 Å². The molecule has 1 unspecified atom stereocenters. The van der Waals surface area contributed by atoms with Crippen molar-refractivity contribution in [1.29, 1.82) is 0 Å². The van der Waals surface area contributed by atoms with Crippen LogP contribution in [-0.2, 0) is 19.5 Å². The second kappa shape index (κ2) is 6.08. The first-order valence-corrected chi connectivity index (χ1v) is 3.81. The van der Waals surface area contributed by atoms with Crippen molar-refractivity contribution in [3.05, 3.63) is 36.4 Å². The number of hydrogen-bond donors (Lipinski definition) is 3. The van der Waals surface area contributed by atoms with Crippen LogP contribution in [0.3, 0.4) is 0 Å². The predicted molar refractivity (Wildman–Crippen MR) is 48.9 cm³/mol. The van der Waals surface area contributed by atoms with E-state index in [9.17, 15) is 0 Å². The quantitative estimate of drug-likeness (QED) is 0.409. The molecule has 1 aromatic rings. The smallest absolute Gasteiger partial charge is 0.0314 e. The molecule has 0 saturated carbocycles. The maximum absolute atomic E-state index is 8.81. The monoisotopic (exact) mass is 229 g/mol. The summed E-state index contributed by atoms with van der Waals surface area (Å²) in [6.07, 6.45) is 0. The van der Waals surface area contributed by atoms with E-state index >= 15 is 0 Å². The van der Waals surface area contributed by atoms with Crippen LogP contribution in [0.4, 0.5) is 5.69 Å². The van der Waals surface area contributed by atoms with Gasteiger partial charge >= 0.3 is 0 Å². The number of aliphatic hydroxyl groups is 1. The van der Waals surface area contributed by atoms with E-state index in [0.717, 1.165) is 12.2 Å². The Morgan fingerprint density at radius 2 is 1.85 bits per heavy atom. The van der Waals surface area contributed by atoms with Gasteiger partial charge in [-0.25, -0.2) is 6.61 Å². The average Bonchev–Trinajstić information content (AvgIpc) is 2.10. The van der Waals surface area contributed by atoms with Crippen molar-refractivity contribution in [2.45, 2.75) is 5.92 Å². The Balaban J connectivity index is 0.00000144. The number of aliphatic hydroxyl groups excluding tert-OH is 1. The Labute approximate surface area is 90.9 Å². The van der Waals surface area contributed by atoms with Crippen molar-refractivity contribution >= 4 is 5.69 Å². The minimum atomic E-state index is -0.0920. The molecule has 0 amide bonds. The van der Waals surface area contributed by atoms with Gasteiger partial charge in [-0.05, 0) is 18.7 Å². The third-order valence-corrected chi connectivity index (χ3v) is 1.80. The molecule has 13 heavy (non-hydrogen) atoms. The molecule has 0 heterocycles. The van der Waals surface area contributed by atoms with E-state index in [4.69, 9.17) is 16.6 Å². The summed E-state index contributed by atoms with van der Waals surface area (Å²) in [7, 11) is 0. The van der Waals surface area contributed by atoms with Gasteiger partial charge in [0.25, 0.3) is 0 Å². The fourth-order valence-corrected chi connectivity index (χ4v) is 1.03. The molecule has 1 atom stereocenters. The molecule has 1 rings (SSSR count). The van der Waals surface area contributed by atoms with Gasteiger partial charge in [0, 0.05) is 25.2 Å². The Hall–Kier alpha value is -0.437. The zero-order chi connectivity index (χ0) is 8.97. The first kappa shape index (κ1) is 12.6. The van der Waals surface area contributed by atoms with Crippen LogP contribution >= 0.6 is 0 Å². The van der Waals surface area contributed by atoms with Crippen molar-refractivity contribution < 1.29 is 24.6 Å². The van der Waals surface area contributed by atoms with Crippen LogP contribution in [0.2, 0.25) is 0 Å². The van der Waals surface area contributed by atoms with Crippen LogP contribution in [-0.4, -0.2) is 11.7 Å². The summed E-state index contributed by atoms with van der Waals surface area (Å²) < 4.78 is 0. The number of nitrogen functional groups attached to an aromatic ring is 1. The van der Waals surface area contributed by atoms with Gasteiger partial charge in [-0.15, -0.1) is 5.92 Å². The first-order chi connectivity index (χ1) is 5.77. The van der Waals surface area contributed by atoms with Crippen molar-refractivity contribution in [2.24, 2.45) is 5.73 Å². The molecular formula is C9H13N2OZn-. The molecule has 0 aliphatic rings. The minimum Gasteiger partial charge on any atom is -0.565 e. The van der Waals surface area contributed by atoms with Crippen molar-refractivity contribution in [2.75, 3.05) is 12.3 Å². The van der Waals surface area contributed by atoms with Crippen LogP contribution in [0.1, 0.15) is 11.5 Å². The molecule has 5 N–H and O–H groups in total. The summed E-state index contributed by atoms with van der Waals surface area (Å²) in [6.45, 7) is 1.51. The first-order valence-electron chi connectivity index (χ1n) is 3.81. The molecule has 4 heteroatoms. The van der Waals surface area contributed by atoms with Gasteiger partial charge in [0.15, 0.2) is 0 Å². The van der Waals surface area contributed by atoms with E-state index in [1.807, 2.05) is 12.1 Å². The van der Waals surface area contributed by atoms with Crippen molar-refractivity contribution in [3.8, 4) is 0 Å². The molecule has 3 nitrogen and oxygen atoms in total. The van der Waals surface area contributed by atoms with Crippen LogP contribution in [0, 0.1) is 6.61 Å². The number of benzene rings is 1. The van der Waals surface area contributed by atoms with Gasteiger partial charge in [-0.3, -0.25) is 0 Å². The van der Waals surface area contributed by atoms with Crippen LogP contribution < -0.4 is 11.5 Å². The Bertz CT molecular complexity index is 234. The van der Waals surface area contributed by atoms with E-state index in [1.165, 1.54) is 0 Å². The topological polar surface area (TPSA) is 72.3 Å². The summed E-state index contributed by atoms with van der Waals surface area (Å²) >= 11 is 0. The van der Waals surface area contributed by atoms with Gasteiger partial charge in [-0.1, -0.05) is 17.7 Å². The largest absolute Gasteiger partial charge is 0.565 e. The summed E-state index contributed by atoms with van der Waals surface area (Å²) in [5.41, 5.74) is 12.6. The number of rotatable bonds is 3. The number of nitrogens with two attached hydrogens (primary N) is 2. The Kier molecular flexibility index (Phi) is 5.88. The van der Waals surface area contributed by atoms with E-state index in [1.54, 1.807) is 12.1 Å². The van der Waals surface area contributed by atoms with Gasteiger partial charge in [0.2, 0.25) is 0 Å². The molecule has 0 bridgehead atoms. The summed E-state index contributed by atoms with van der Waals surface area (Å²) in [5, 5.41) is 8.81. The fraction of sp³-hybridized carbons (Fsp3) is 0.222. The van der Waals surface area contributed by atoms with Crippen molar-refractivity contribution in [3.63, 3.8) is 0 Å². The molecule has 0 fully saturated rings. The second-order valence-corrected chi connectivity index (χ2v) is 2.66. The van der Waals surface area contributed by atoms with Crippen LogP contribution in [0.5, 0.6) is 0 Å². The van der Waals surface area contributed by atoms with E-state index < -0.39 is 0 Å². The number of hydrogen-bond acceptors (Lipinski definition) is 3. The predicted octanol–water partition coefficient (Wildman–Crippen LogP) is 0.843. The van der Waals surface area contributed by atoms with E-state index in [0.29, 0.717) is 12.2 Å². The van der Waals surface area contributed by atoms with Gasteiger partial charge < -0.3 is 16.6 Å². The molecule has 0 aromatic heterocycles. The molecule has 0 spiro atoms. The zero-order valence-electron chi connectivity index (χ0n) is 7.48. The average molecular weight is 231 g/mol. The maximum Gasteiger partial charge on any atom is 0.0314 e. The van der Waals surface area contributed by atoms with Gasteiger partial charge in [0.1, 0.15) is 0 Å². The zero-order valence-corrected chi connectivity index (χ0v) is 10.4. The Morgan fingerprint density at radius 3 is 2.23 bits per heavy atom. The van der Waals surface area contributed by atoms with Crippen molar-refractivity contribution in [1.82, 2.24) is 0 Å². The fourth-order valence-electron chi connectivity index (χ4n) is 1.03. The summed E-state index contributed by atoms with van der Waals surface area (Å²) in [4.78, 5) is 0. The normalized spacial score (nSPS) is 11.8. The summed E-state index contributed by atoms with van der Waals surface area (Å²) in [6, 6.07) is 7.31. The number of anilines is 1. The molecular weight excluding hydrogens is 218 g/mol. The molecule has 0 saturated heterocycles. The van der Waals surface area contributed by atoms with Crippen LogP contribution in [0.25, 0.3) is 0 Å². The summed E-state index contributed by atoms with van der Waals surface area (Å²) in [5.74, 6) is -0.0920. The third kappa shape index (κ3) is 3.43.